The average Bonchev–Trinajstić information content (AvgIpc) is 2.83. The molecule has 0 saturated carbocycles. The highest BCUT2D eigenvalue weighted by atomic mass is 19.4. The summed E-state index contributed by atoms with van der Waals surface area (Å²) in [5.41, 5.74) is -0.801. The lowest BCUT2D eigenvalue weighted by Gasteiger charge is -2.36. The quantitative estimate of drug-likeness (QED) is 0.699. The van der Waals surface area contributed by atoms with Gasteiger partial charge in [-0.3, -0.25) is 4.79 Å². The van der Waals surface area contributed by atoms with Crippen LogP contribution in [-0.2, 0) is 11.0 Å². The Bertz CT molecular complexity index is 926. The van der Waals surface area contributed by atoms with Crippen molar-refractivity contribution in [3.8, 4) is 5.75 Å². The molecule has 0 spiro atoms. The molecule has 2 aromatic rings. The zero-order valence-electron chi connectivity index (χ0n) is 17.7. The van der Waals surface area contributed by atoms with Gasteiger partial charge in [0, 0.05) is 45.3 Å². The molecule has 2 aliphatic heterocycles. The number of piperazine rings is 1. The molecule has 2 fully saturated rings. The van der Waals surface area contributed by atoms with Gasteiger partial charge in [-0.05, 0) is 37.5 Å². The Hall–Kier alpha value is -3.04. The summed E-state index contributed by atoms with van der Waals surface area (Å²) >= 11 is 0. The van der Waals surface area contributed by atoms with Crippen molar-refractivity contribution in [3.05, 3.63) is 42.2 Å². The standard InChI is InChI=1S/C22H26F3N5O2/c23-22(24,25)17-5-4-6-18(13-17)32-15-21(31)30-11-9-29(10-12-30)20-14-19(26-16-27-20)28-7-2-1-3-8-28/h4-6,13-14,16H,1-3,7-12,15H2. The Morgan fingerprint density at radius 1 is 0.906 bits per heavy atom. The minimum atomic E-state index is -4.45. The van der Waals surface area contributed by atoms with Crippen LogP contribution in [0.1, 0.15) is 24.8 Å². The summed E-state index contributed by atoms with van der Waals surface area (Å²) in [6, 6.07) is 6.55. The maximum atomic E-state index is 12.8. The number of halogens is 3. The number of amides is 1. The van der Waals surface area contributed by atoms with Crippen molar-refractivity contribution >= 4 is 17.5 Å². The van der Waals surface area contributed by atoms with Crippen LogP contribution >= 0.6 is 0 Å². The number of piperidine rings is 1. The Morgan fingerprint density at radius 3 is 2.22 bits per heavy atom. The third kappa shape index (κ3) is 5.41. The maximum Gasteiger partial charge on any atom is 0.416 e. The van der Waals surface area contributed by atoms with Gasteiger partial charge >= 0.3 is 6.18 Å². The normalized spacial score (nSPS) is 17.4. The molecule has 1 aromatic heterocycles. The van der Waals surface area contributed by atoms with Gasteiger partial charge in [-0.2, -0.15) is 13.2 Å². The van der Waals surface area contributed by atoms with Crippen molar-refractivity contribution in [3.63, 3.8) is 0 Å². The molecular weight excluding hydrogens is 423 g/mol. The van der Waals surface area contributed by atoms with Crippen LogP contribution in [0.15, 0.2) is 36.7 Å². The van der Waals surface area contributed by atoms with Crippen LogP contribution in [0.2, 0.25) is 0 Å². The van der Waals surface area contributed by atoms with E-state index in [9.17, 15) is 18.0 Å². The van der Waals surface area contributed by atoms with Crippen molar-refractivity contribution in [2.45, 2.75) is 25.4 Å². The molecule has 32 heavy (non-hydrogen) atoms. The summed E-state index contributed by atoms with van der Waals surface area (Å²) in [5.74, 6) is 1.55. The highest BCUT2D eigenvalue weighted by Crippen LogP contribution is 2.31. The van der Waals surface area contributed by atoms with Gasteiger partial charge in [-0.25, -0.2) is 9.97 Å². The van der Waals surface area contributed by atoms with E-state index in [1.54, 1.807) is 11.2 Å². The predicted molar refractivity (Wildman–Crippen MR) is 114 cm³/mol. The van der Waals surface area contributed by atoms with E-state index in [1.165, 1.54) is 31.4 Å². The van der Waals surface area contributed by atoms with Gasteiger partial charge in [-0.1, -0.05) is 6.07 Å². The van der Waals surface area contributed by atoms with E-state index >= 15 is 0 Å². The van der Waals surface area contributed by atoms with Crippen LogP contribution in [0.4, 0.5) is 24.8 Å². The third-order valence-corrected chi connectivity index (χ3v) is 5.80. The fourth-order valence-electron chi connectivity index (χ4n) is 3.99. The molecule has 1 aromatic carbocycles. The van der Waals surface area contributed by atoms with Gasteiger partial charge < -0.3 is 19.4 Å². The number of anilines is 2. The lowest BCUT2D eigenvalue weighted by Crippen LogP contribution is -2.50. The molecule has 172 valence electrons. The van der Waals surface area contributed by atoms with Gasteiger partial charge in [-0.15, -0.1) is 0 Å². The summed E-state index contributed by atoms with van der Waals surface area (Å²) in [6.07, 6.45) is 0.724. The summed E-state index contributed by atoms with van der Waals surface area (Å²) in [6.45, 7) is 3.93. The Balaban J connectivity index is 1.29. The number of carbonyl (C=O) groups is 1. The smallest absolute Gasteiger partial charge is 0.416 e. The maximum absolute atomic E-state index is 12.8. The van der Waals surface area contributed by atoms with Crippen LogP contribution in [0.3, 0.4) is 0 Å². The van der Waals surface area contributed by atoms with Gasteiger partial charge in [0.15, 0.2) is 6.61 Å². The van der Waals surface area contributed by atoms with Gasteiger partial charge in [0.2, 0.25) is 0 Å². The first-order chi connectivity index (χ1) is 15.4. The fraction of sp³-hybridized carbons (Fsp3) is 0.500. The number of hydrogen-bond donors (Lipinski definition) is 0. The number of nitrogens with zero attached hydrogens (tertiary/aromatic N) is 5. The van der Waals surface area contributed by atoms with Gasteiger partial charge in [0.1, 0.15) is 23.7 Å². The molecule has 7 nitrogen and oxygen atoms in total. The first-order valence-electron chi connectivity index (χ1n) is 10.8. The van der Waals surface area contributed by atoms with Crippen LogP contribution in [0, 0.1) is 0 Å². The molecule has 0 radical (unpaired) electrons. The second-order valence-electron chi connectivity index (χ2n) is 7.96. The van der Waals surface area contributed by atoms with E-state index in [0.717, 1.165) is 36.9 Å². The Labute approximate surface area is 184 Å². The molecule has 10 heteroatoms. The van der Waals surface area contributed by atoms with Crippen molar-refractivity contribution in [1.82, 2.24) is 14.9 Å². The van der Waals surface area contributed by atoms with Crippen LogP contribution in [-0.4, -0.2) is 66.7 Å². The van der Waals surface area contributed by atoms with E-state index in [-0.39, 0.29) is 18.3 Å². The molecule has 3 heterocycles. The number of benzene rings is 1. The van der Waals surface area contributed by atoms with E-state index in [2.05, 4.69) is 19.8 Å². The lowest BCUT2D eigenvalue weighted by molar-refractivity contribution is -0.137. The number of carbonyl (C=O) groups excluding carboxylic acids is 1. The average molecular weight is 449 g/mol. The molecule has 0 aliphatic carbocycles. The SMILES string of the molecule is O=C(COc1cccc(C(F)(F)F)c1)N1CCN(c2cc(N3CCCCC3)ncn2)CC1. The molecule has 2 saturated heterocycles. The molecule has 0 bridgehead atoms. The molecule has 1 amide bonds. The molecule has 0 N–H and O–H groups in total. The minimum absolute atomic E-state index is 0.0260. The van der Waals surface area contributed by atoms with Crippen molar-refractivity contribution < 1.29 is 22.7 Å². The molecule has 2 aliphatic rings. The fourth-order valence-corrected chi connectivity index (χ4v) is 3.99. The first kappa shape index (κ1) is 22.2. The highest BCUT2D eigenvalue weighted by molar-refractivity contribution is 5.78. The Kier molecular flexibility index (Phi) is 6.66. The van der Waals surface area contributed by atoms with Gasteiger partial charge in [0.25, 0.3) is 5.91 Å². The topological polar surface area (TPSA) is 61.8 Å². The predicted octanol–water partition coefficient (Wildman–Crippen LogP) is 3.21. The second kappa shape index (κ2) is 9.62. The van der Waals surface area contributed by atoms with Crippen molar-refractivity contribution in [2.75, 3.05) is 55.7 Å². The summed E-state index contributed by atoms with van der Waals surface area (Å²) in [5, 5.41) is 0. The van der Waals surface area contributed by atoms with Crippen LogP contribution in [0.25, 0.3) is 0 Å². The van der Waals surface area contributed by atoms with E-state index < -0.39 is 11.7 Å². The van der Waals surface area contributed by atoms with Crippen molar-refractivity contribution in [2.24, 2.45) is 0 Å². The third-order valence-electron chi connectivity index (χ3n) is 5.80. The lowest BCUT2D eigenvalue weighted by atomic mass is 10.1. The van der Waals surface area contributed by atoms with Crippen LogP contribution in [0.5, 0.6) is 5.75 Å². The number of alkyl halides is 3. The number of ether oxygens (including phenoxy) is 1. The summed E-state index contributed by atoms with van der Waals surface area (Å²) < 4.78 is 43.8. The van der Waals surface area contributed by atoms with Gasteiger partial charge in [0.05, 0.1) is 5.56 Å². The molecule has 4 rings (SSSR count). The second-order valence-corrected chi connectivity index (χ2v) is 7.96. The van der Waals surface area contributed by atoms with Crippen LogP contribution < -0.4 is 14.5 Å². The largest absolute Gasteiger partial charge is 0.484 e. The highest BCUT2D eigenvalue weighted by Gasteiger charge is 2.31. The minimum Gasteiger partial charge on any atom is -0.484 e. The van der Waals surface area contributed by atoms with E-state index in [0.29, 0.717) is 26.2 Å². The molecule has 0 atom stereocenters. The zero-order valence-corrected chi connectivity index (χ0v) is 17.7. The van der Waals surface area contributed by atoms with Crippen molar-refractivity contribution in [1.29, 1.82) is 0 Å². The Morgan fingerprint density at radius 2 is 1.56 bits per heavy atom. The number of rotatable bonds is 5. The first-order valence-corrected chi connectivity index (χ1v) is 10.8. The molecule has 0 unspecified atom stereocenters. The molecular formula is C22H26F3N5O2. The zero-order chi connectivity index (χ0) is 22.6. The monoisotopic (exact) mass is 449 g/mol. The summed E-state index contributed by atoms with van der Waals surface area (Å²) in [7, 11) is 0. The van der Waals surface area contributed by atoms with E-state index in [4.69, 9.17) is 4.74 Å². The number of aromatic nitrogens is 2. The summed E-state index contributed by atoms with van der Waals surface area (Å²) in [4.78, 5) is 27.4. The van der Waals surface area contributed by atoms with E-state index in [1.807, 2.05) is 6.07 Å². The number of hydrogen-bond acceptors (Lipinski definition) is 6.